The van der Waals surface area contributed by atoms with Crippen molar-refractivity contribution in [2.24, 2.45) is 0 Å². The first kappa shape index (κ1) is 9.48. The molecule has 0 radical (unpaired) electrons. The molecule has 70 valence electrons. The number of aliphatic carboxylic acids is 1. The van der Waals surface area contributed by atoms with Crippen molar-refractivity contribution in [2.45, 2.75) is 25.4 Å². The Morgan fingerprint density at radius 3 is 2.92 bits per heavy atom. The van der Waals surface area contributed by atoms with E-state index in [-0.39, 0.29) is 12.5 Å². The lowest BCUT2D eigenvalue weighted by Gasteiger charge is -2.29. The van der Waals surface area contributed by atoms with Gasteiger partial charge in [-0.1, -0.05) is 0 Å². The highest BCUT2D eigenvalue weighted by molar-refractivity contribution is 5.66. The van der Waals surface area contributed by atoms with Crippen LogP contribution in [0.25, 0.3) is 0 Å². The Morgan fingerprint density at radius 2 is 2.33 bits per heavy atom. The minimum atomic E-state index is -0.768. The molecule has 2 N–H and O–H groups in total. The molecule has 1 rings (SSSR count). The molecule has 0 aromatic carbocycles. The van der Waals surface area contributed by atoms with Crippen LogP contribution in [0.15, 0.2) is 0 Å². The molecule has 0 amide bonds. The highest BCUT2D eigenvalue weighted by Crippen LogP contribution is 2.09. The van der Waals surface area contributed by atoms with Gasteiger partial charge in [-0.25, -0.2) is 0 Å². The summed E-state index contributed by atoms with van der Waals surface area (Å²) < 4.78 is 0. The number of aliphatic hydroxyl groups excluding tert-OH is 1. The summed E-state index contributed by atoms with van der Waals surface area (Å²) in [5.74, 6) is -0.768. The molecule has 0 saturated carbocycles. The highest BCUT2D eigenvalue weighted by atomic mass is 16.4. The maximum Gasteiger partial charge on any atom is 0.304 e. The van der Waals surface area contributed by atoms with Gasteiger partial charge in [0.15, 0.2) is 0 Å². The summed E-state index contributed by atoms with van der Waals surface area (Å²) in [4.78, 5) is 12.2. The van der Waals surface area contributed by atoms with E-state index < -0.39 is 5.97 Å². The maximum atomic E-state index is 10.2. The summed E-state index contributed by atoms with van der Waals surface area (Å²) in [5.41, 5.74) is 0. The predicted octanol–water partition coefficient (Wildman–Crippen LogP) is -0.0822. The van der Waals surface area contributed by atoms with E-state index in [1.807, 2.05) is 4.90 Å². The summed E-state index contributed by atoms with van der Waals surface area (Å²) in [6.07, 6.45) is 1.74. The zero-order valence-corrected chi connectivity index (χ0v) is 7.07. The Labute approximate surface area is 71.8 Å². The number of carboxylic acids is 1. The lowest BCUT2D eigenvalue weighted by Crippen LogP contribution is -2.39. The smallest absolute Gasteiger partial charge is 0.304 e. The van der Waals surface area contributed by atoms with E-state index in [1.54, 1.807) is 0 Å². The molecule has 0 spiro atoms. The van der Waals surface area contributed by atoms with Crippen LogP contribution in [-0.4, -0.2) is 46.8 Å². The van der Waals surface area contributed by atoms with E-state index >= 15 is 0 Å². The average Bonchev–Trinajstić information content (AvgIpc) is 2.01. The van der Waals surface area contributed by atoms with Crippen LogP contribution in [-0.2, 0) is 4.79 Å². The normalized spacial score (nSPS) is 25.6. The monoisotopic (exact) mass is 173 g/mol. The van der Waals surface area contributed by atoms with Gasteiger partial charge in [0, 0.05) is 13.1 Å². The molecule has 1 atom stereocenters. The topological polar surface area (TPSA) is 60.8 Å². The molecule has 0 aromatic heterocycles. The van der Waals surface area contributed by atoms with Crippen molar-refractivity contribution in [2.75, 3.05) is 19.6 Å². The highest BCUT2D eigenvalue weighted by Gasteiger charge is 2.17. The Kier molecular flexibility index (Phi) is 3.49. The number of β-amino-alcohol motifs (C(OH)–C–C–N with tert-alkyl or cyclic N) is 1. The minimum Gasteiger partial charge on any atom is -0.481 e. The number of carbonyl (C=O) groups is 1. The van der Waals surface area contributed by atoms with Crippen molar-refractivity contribution in [1.29, 1.82) is 0 Å². The van der Waals surface area contributed by atoms with Crippen LogP contribution in [0.1, 0.15) is 19.3 Å². The molecule has 4 heteroatoms. The second kappa shape index (κ2) is 4.42. The van der Waals surface area contributed by atoms with E-state index in [0.717, 1.165) is 19.4 Å². The fraction of sp³-hybridized carbons (Fsp3) is 0.875. The van der Waals surface area contributed by atoms with Crippen molar-refractivity contribution in [3.63, 3.8) is 0 Å². The summed E-state index contributed by atoms with van der Waals surface area (Å²) in [6.45, 7) is 2.12. The van der Waals surface area contributed by atoms with Gasteiger partial charge in [-0.2, -0.15) is 0 Å². The van der Waals surface area contributed by atoms with Crippen LogP contribution >= 0.6 is 0 Å². The van der Waals surface area contributed by atoms with E-state index in [1.165, 1.54) is 0 Å². The zero-order chi connectivity index (χ0) is 8.97. The fourth-order valence-electron chi connectivity index (χ4n) is 1.49. The van der Waals surface area contributed by atoms with Gasteiger partial charge in [0.1, 0.15) is 0 Å². The number of hydrogen-bond acceptors (Lipinski definition) is 3. The third kappa shape index (κ3) is 3.19. The van der Waals surface area contributed by atoms with Crippen molar-refractivity contribution >= 4 is 5.97 Å². The molecule has 1 fully saturated rings. The van der Waals surface area contributed by atoms with Crippen LogP contribution in [0.3, 0.4) is 0 Å². The predicted molar refractivity (Wildman–Crippen MR) is 43.9 cm³/mol. The standard InChI is InChI=1S/C8H15NO3/c10-7-2-1-4-9(6-7)5-3-8(11)12/h7,10H,1-6H2,(H,11,12). The van der Waals surface area contributed by atoms with Crippen LogP contribution < -0.4 is 0 Å². The SMILES string of the molecule is O=C(O)CCN1CCCC(O)C1. The Balaban J connectivity index is 2.18. The summed E-state index contributed by atoms with van der Waals surface area (Å²) in [5, 5.41) is 17.7. The summed E-state index contributed by atoms with van der Waals surface area (Å²) >= 11 is 0. The van der Waals surface area contributed by atoms with Crippen molar-refractivity contribution in [1.82, 2.24) is 4.90 Å². The number of carboxylic acid groups (broad SMARTS) is 1. The van der Waals surface area contributed by atoms with Crippen LogP contribution in [0.2, 0.25) is 0 Å². The second-order valence-corrected chi connectivity index (χ2v) is 3.24. The molecule has 0 aliphatic carbocycles. The summed E-state index contributed by atoms with van der Waals surface area (Å²) in [7, 11) is 0. The third-order valence-electron chi connectivity index (χ3n) is 2.12. The molecule has 1 heterocycles. The first-order valence-electron chi connectivity index (χ1n) is 4.30. The van der Waals surface area contributed by atoms with E-state index in [2.05, 4.69) is 0 Å². The number of aliphatic hydroxyl groups is 1. The van der Waals surface area contributed by atoms with Gasteiger partial charge in [-0.3, -0.25) is 4.79 Å². The fourth-order valence-corrected chi connectivity index (χ4v) is 1.49. The molecular weight excluding hydrogens is 158 g/mol. The van der Waals surface area contributed by atoms with Crippen LogP contribution in [0, 0.1) is 0 Å². The second-order valence-electron chi connectivity index (χ2n) is 3.24. The number of likely N-dealkylation sites (tertiary alicyclic amines) is 1. The average molecular weight is 173 g/mol. The number of piperidine rings is 1. The lowest BCUT2D eigenvalue weighted by atomic mass is 10.1. The zero-order valence-electron chi connectivity index (χ0n) is 7.07. The van der Waals surface area contributed by atoms with Crippen molar-refractivity contribution in [3.8, 4) is 0 Å². The van der Waals surface area contributed by atoms with E-state index in [9.17, 15) is 9.90 Å². The number of rotatable bonds is 3. The van der Waals surface area contributed by atoms with Crippen LogP contribution in [0.4, 0.5) is 0 Å². The molecule has 1 aliphatic heterocycles. The lowest BCUT2D eigenvalue weighted by molar-refractivity contribution is -0.137. The third-order valence-corrected chi connectivity index (χ3v) is 2.12. The molecule has 0 aromatic rings. The van der Waals surface area contributed by atoms with Crippen LogP contribution in [0.5, 0.6) is 0 Å². The van der Waals surface area contributed by atoms with Gasteiger partial charge in [0.05, 0.1) is 12.5 Å². The quantitative estimate of drug-likeness (QED) is 0.626. The molecular formula is C8H15NO3. The number of nitrogens with zero attached hydrogens (tertiary/aromatic N) is 1. The minimum absolute atomic E-state index is 0.173. The summed E-state index contributed by atoms with van der Waals surface area (Å²) in [6, 6.07) is 0. The molecule has 0 bridgehead atoms. The molecule has 4 nitrogen and oxygen atoms in total. The van der Waals surface area contributed by atoms with Gasteiger partial charge < -0.3 is 15.1 Å². The van der Waals surface area contributed by atoms with Gasteiger partial charge in [-0.05, 0) is 19.4 Å². The van der Waals surface area contributed by atoms with Gasteiger partial charge in [0.25, 0.3) is 0 Å². The largest absolute Gasteiger partial charge is 0.481 e. The van der Waals surface area contributed by atoms with Crippen molar-refractivity contribution < 1.29 is 15.0 Å². The van der Waals surface area contributed by atoms with Gasteiger partial charge in [-0.15, -0.1) is 0 Å². The first-order chi connectivity index (χ1) is 5.68. The van der Waals surface area contributed by atoms with Crippen molar-refractivity contribution in [3.05, 3.63) is 0 Å². The first-order valence-corrected chi connectivity index (χ1v) is 4.30. The molecule has 1 saturated heterocycles. The van der Waals surface area contributed by atoms with Gasteiger partial charge >= 0.3 is 5.97 Å². The molecule has 1 aliphatic rings. The number of hydrogen-bond donors (Lipinski definition) is 2. The molecule has 1 unspecified atom stereocenters. The van der Waals surface area contributed by atoms with E-state index in [4.69, 9.17) is 5.11 Å². The Bertz CT molecular complexity index is 160. The maximum absolute atomic E-state index is 10.2. The van der Waals surface area contributed by atoms with Gasteiger partial charge in [0.2, 0.25) is 0 Å². The molecule has 12 heavy (non-hydrogen) atoms. The Hall–Kier alpha value is -0.610. The van der Waals surface area contributed by atoms with E-state index in [0.29, 0.717) is 13.1 Å². The Morgan fingerprint density at radius 1 is 1.58 bits per heavy atom.